The van der Waals surface area contributed by atoms with E-state index in [4.69, 9.17) is 11.6 Å². The Bertz CT molecular complexity index is 1950. The first-order valence-corrected chi connectivity index (χ1v) is 16.6. The summed E-state index contributed by atoms with van der Waals surface area (Å²) in [6.45, 7) is 7.12. The summed E-state index contributed by atoms with van der Waals surface area (Å²) in [4.78, 5) is 17.7. The monoisotopic (exact) mass is 636 g/mol. The van der Waals surface area contributed by atoms with E-state index in [-0.39, 0.29) is 22.6 Å². The minimum Gasteiger partial charge on any atom is -0.383 e. The Morgan fingerprint density at radius 2 is 1.89 bits per heavy atom. The molecule has 8 rings (SSSR count). The minimum absolute atomic E-state index is 0.00490. The molecule has 0 amide bonds. The number of anilines is 2. The summed E-state index contributed by atoms with van der Waals surface area (Å²) in [6, 6.07) is 13.8. The van der Waals surface area contributed by atoms with Crippen LogP contribution in [-0.2, 0) is 7.05 Å². The van der Waals surface area contributed by atoms with Crippen LogP contribution in [0.3, 0.4) is 0 Å². The van der Waals surface area contributed by atoms with Crippen molar-refractivity contribution in [1.29, 1.82) is 5.26 Å². The Labute approximate surface area is 274 Å². The molecule has 10 heteroatoms. The third-order valence-electron chi connectivity index (χ3n) is 10.1. The molecule has 3 aliphatic carbocycles. The number of benzene rings is 2. The average Bonchev–Trinajstić information content (AvgIpc) is 3.56. The molecule has 1 aliphatic heterocycles. The quantitative estimate of drug-likeness (QED) is 0.170. The summed E-state index contributed by atoms with van der Waals surface area (Å²) in [7, 11) is 1.77. The zero-order valence-electron chi connectivity index (χ0n) is 26.9. The highest BCUT2D eigenvalue weighted by atomic mass is 35.5. The van der Waals surface area contributed by atoms with Crippen LogP contribution in [0.2, 0.25) is 5.02 Å². The first-order chi connectivity index (χ1) is 22.0. The summed E-state index contributed by atoms with van der Waals surface area (Å²) in [5, 5.41) is 22.3. The molecule has 3 fully saturated rings. The fourth-order valence-electron chi connectivity index (χ4n) is 7.43. The lowest BCUT2D eigenvalue weighted by Crippen LogP contribution is -2.57. The van der Waals surface area contributed by atoms with Crippen LogP contribution in [-0.4, -0.2) is 26.6 Å². The highest BCUT2D eigenvalue weighted by molar-refractivity contribution is 6.35. The fraction of sp³-hybridized carbons (Fsp3) is 0.417. The molecule has 46 heavy (non-hydrogen) atoms. The van der Waals surface area contributed by atoms with Crippen molar-refractivity contribution in [3.8, 4) is 6.07 Å². The number of nitriles is 1. The minimum atomic E-state index is -0.351. The molecule has 4 aromatic rings. The highest BCUT2D eigenvalue weighted by Crippen LogP contribution is 2.48. The largest absolute Gasteiger partial charge is 0.383 e. The van der Waals surface area contributed by atoms with E-state index in [1.54, 1.807) is 17.8 Å². The van der Waals surface area contributed by atoms with Gasteiger partial charge in [0.05, 0.1) is 39.1 Å². The van der Waals surface area contributed by atoms with Crippen LogP contribution in [0.5, 0.6) is 0 Å². The number of halogens is 1. The third kappa shape index (κ3) is 5.44. The van der Waals surface area contributed by atoms with E-state index >= 15 is 0 Å². The van der Waals surface area contributed by atoms with Crippen molar-refractivity contribution in [3.63, 3.8) is 0 Å². The van der Waals surface area contributed by atoms with Gasteiger partial charge in [-0.05, 0) is 85.1 Å². The van der Waals surface area contributed by atoms with Crippen molar-refractivity contribution in [2.24, 2.45) is 18.4 Å². The average molecular weight is 637 g/mol. The maximum atomic E-state index is 13.2. The lowest BCUT2D eigenvalue weighted by Gasteiger charge is -2.51. The molecule has 0 unspecified atom stereocenters. The van der Waals surface area contributed by atoms with E-state index in [0.29, 0.717) is 28.0 Å². The Morgan fingerprint density at radius 1 is 1.13 bits per heavy atom. The van der Waals surface area contributed by atoms with E-state index in [9.17, 15) is 10.1 Å². The van der Waals surface area contributed by atoms with Crippen molar-refractivity contribution in [2.75, 3.05) is 17.2 Å². The first kappa shape index (κ1) is 30.4. The van der Waals surface area contributed by atoms with Gasteiger partial charge in [0.1, 0.15) is 6.07 Å². The fourth-order valence-corrected chi connectivity index (χ4v) is 7.70. The van der Waals surface area contributed by atoms with E-state index in [1.165, 1.54) is 38.5 Å². The SMILES string of the molecule is Cn1ccc2c([C@H](Nc3cc(Cl)c4ncc(C#N)c(NCC(C)(C)C)c4c3)C3=CN(C45CCC(CC4)CC5)NN3)cccc2c1=O. The number of nitrogens with one attached hydrogen (secondary N) is 4. The molecular formula is C36H41ClN8O. The predicted octanol–water partition coefficient (Wildman–Crippen LogP) is 7.11. The summed E-state index contributed by atoms with van der Waals surface area (Å²) in [5.74, 6) is 0.866. The number of pyridine rings is 2. The Balaban J connectivity index is 1.34. The Kier molecular flexibility index (Phi) is 7.61. The number of fused-ring (bicyclic) bond motifs is 5. The van der Waals surface area contributed by atoms with Gasteiger partial charge in [0.15, 0.2) is 0 Å². The van der Waals surface area contributed by atoms with Crippen LogP contribution in [0.15, 0.2) is 65.5 Å². The molecule has 9 nitrogen and oxygen atoms in total. The number of nitrogens with zero attached hydrogens (tertiary/aromatic N) is 4. The lowest BCUT2D eigenvalue weighted by atomic mass is 9.65. The molecule has 4 aliphatic rings. The molecule has 0 radical (unpaired) electrons. The molecule has 2 aromatic heterocycles. The highest BCUT2D eigenvalue weighted by Gasteiger charge is 2.45. The zero-order valence-corrected chi connectivity index (χ0v) is 27.6. The van der Waals surface area contributed by atoms with Gasteiger partial charge in [0, 0.05) is 48.6 Å². The lowest BCUT2D eigenvalue weighted by molar-refractivity contribution is -0.00971. The van der Waals surface area contributed by atoms with Gasteiger partial charge in [-0.1, -0.05) is 44.5 Å². The topological polar surface area (TPSA) is 110 Å². The summed E-state index contributed by atoms with van der Waals surface area (Å²) >= 11 is 6.90. The van der Waals surface area contributed by atoms with Crippen LogP contribution < -0.4 is 27.2 Å². The molecule has 2 bridgehead atoms. The molecule has 3 saturated carbocycles. The normalized spacial score (nSPS) is 21.6. The van der Waals surface area contributed by atoms with Gasteiger partial charge in [0.2, 0.25) is 0 Å². The van der Waals surface area contributed by atoms with Gasteiger partial charge in [-0.25, -0.2) is 0 Å². The van der Waals surface area contributed by atoms with E-state index < -0.39 is 0 Å². The van der Waals surface area contributed by atoms with Gasteiger partial charge in [0.25, 0.3) is 5.56 Å². The molecule has 4 N–H and O–H groups in total. The Hall–Kier alpha value is -4.26. The third-order valence-corrected chi connectivity index (χ3v) is 10.4. The van der Waals surface area contributed by atoms with E-state index in [0.717, 1.165) is 39.3 Å². The summed E-state index contributed by atoms with van der Waals surface area (Å²) in [6.07, 6.45) is 13.0. The number of hydrogen-bond acceptors (Lipinski definition) is 8. The van der Waals surface area contributed by atoms with Gasteiger partial charge in [-0.2, -0.15) is 5.26 Å². The van der Waals surface area contributed by atoms with Crippen molar-refractivity contribution in [2.45, 2.75) is 70.9 Å². The van der Waals surface area contributed by atoms with Gasteiger partial charge in [-0.3, -0.25) is 14.8 Å². The number of aryl methyl sites for hydroxylation is 1. The maximum absolute atomic E-state index is 13.2. The molecule has 0 saturated heterocycles. The number of aromatic nitrogens is 2. The van der Waals surface area contributed by atoms with Crippen LogP contribution in [0, 0.1) is 22.7 Å². The first-order valence-electron chi connectivity index (χ1n) is 16.2. The van der Waals surface area contributed by atoms with Crippen LogP contribution >= 0.6 is 11.6 Å². The standard InChI is InChI=1S/C36H41ClN8O/c1-35(2,3)21-40-31-23(18-38)19-39-32-28(31)16-24(17-29(32)37)41-33(26-6-5-7-27-25(26)11-15-44(4)34(27)46)30-20-45(43-42-30)36-12-8-22(9-13-36)10-14-36/h5-7,11,15-17,19-20,22,33,41-43H,8-10,12-14,21H2,1-4H3,(H,39,40)/t22?,33-,36?/m0/s1. The number of rotatable bonds is 7. The van der Waals surface area contributed by atoms with Crippen LogP contribution in [0.25, 0.3) is 21.7 Å². The summed E-state index contributed by atoms with van der Waals surface area (Å²) in [5.41, 5.74) is 11.6. The van der Waals surface area contributed by atoms with Crippen LogP contribution in [0.4, 0.5) is 11.4 Å². The molecule has 238 valence electrons. The van der Waals surface area contributed by atoms with Crippen molar-refractivity contribution >= 4 is 44.7 Å². The van der Waals surface area contributed by atoms with Crippen molar-refractivity contribution < 1.29 is 0 Å². The molecule has 1 atom stereocenters. The second-order valence-electron chi connectivity index (χ2n) is 14.4. The van der Waals surface area contributed by atoms with Gasteiger partial charge < -0.3 is 20.6 Å². The van der Waals surface area contributed by atoms with E-state index in [2.05, 4.69) is 70.7 Å². The zero-order chi connectivity index (χ0) is 32.2. The van der Waals surface area contributed by atoms with Gasteiger partial charge >= 0.3 is 0 Å². The summed E-state index contributed by atoms with van der Waals surface area (Å²) < 4.78 is 1.61. The van der Waals surface area contributed by atoms with Crippen molar-refractivity contribution in [3.05, 3.63) is 87.2 Å². The maximum Gasteiger partial charge on any atom is 0.258 e. The molecule has 0 spiro atoms. The predicted molar refractivity (Wildman–Crippen MR) is 185 cm³/mol. The molecule has 3 heterocycles. The van der Waals surface area contributed by atoms with Gasteiger partial charge in [-0.15, -0.1) is 5.53 Å². The molecular weight excluding hydrogens is 596 g/mol. The number of hydrazine groups is 2. The second-order valence-corrected chi connectivity index (χ2v) is 14.8. The van der Waals surface area contributed by atoms with Crippen LogP contribution in [0.1, 0.15) is 76.5 Å². The van der Waals surface area contributed by atoms with Crippen molar-refractivity contribution in [1.82, 2.24) is 25.5 Å². The molecule has 2 aromatic carbocycles. The number of hydrogen-bond donors (Lipinski definition) is 4. The Morgan fingerprint density at radius 3 is 2.61 bits per heavy atom. The smallest absolute Gasteiger partial charge is 0.258 e. The van der Waals surface area contributed by atoms with E-state index in [1.807, 2.05) is 36.5 Å². The second kappa shape index (κ2) is 11.5.